The average Bonchev–Trinajstić information content (AvgIpc) is 2.63. The van der Waals surface area contributed by atoms with Gasteiger partial charge in [0.25, 0.3) is 0 Å². The Morgan fingerprint density at radius 3 is 1.88 bits per heavy atom. The monoisotopic (exact) mass is 326 g/mol. The van der Waals surface area contributed by atoms with E-state index in [2.05, 4.69) is 10.6 Å². The van der Waals surface area contributed by atoms with Crippen molar-refractivity contribution in [2.75, 3.05) is 26.8 Å². The van der Waals surface area contributed by atoms with Crippen LogP contribution < -0.4 is 10.6 Å². The fraction of sp³-hybridized carbons (Fsp3) is 0.263. The molecule has 5 heteroatoms. The molecule has 0 aliphatic heterocycles. The first-order valence-electron chi connectivity index (χ1n) is 7.87. The van der Waals surface area contributed by atoms with Crippen LogP contribution in [0, 0.1) is 0 Å². The minimum atomic E-state index is -0.646. The van der Waals surface area contributed by atoms with Crippen molar-refractivity contribution in [3.63, 3.8) is 0 Å². The first-order chi connectivity index (χ1) is 11.7. The van der Waals surface area contributed by atoms with E-state index in [1.807, 2.05) is 60.7 Å². The molecule has 0 atom stereocenters. The molecule has 2 aromatic carbocycles. The Balaban J connectivity index is 2.02. The van der Waals surface area contributed by atoms with Crippen LogP contribution in [0.3, 0.4) is 0 Å². The summed E-state index contributed by atoms with van der Waals surface area (Å²) in [5, 5.41) is 5.23. The molecular formula is C19H22N2O3. The Hall–Kier alpha value is -2.66. The van der Waals surface area contributed by atoms with Gasteiger partial charge in [-0.05, 0) is 11.1 Å². The topological polar surface area (TPSA) is 67.4 Å². The van der Waals surface area contributed by atoms with Crippen molar-refractivity contribution in [1.82, 2.24) is 10.6 Å². The van der Waals surface area contributed by atoms with Crippen LogP contribution in [0.5, 0.6) is 0 Å². The van der Waals surface area contributed by atoms with Crippen LogP contribution >= 0.6 is 0 Å². The number of hydrogen-bond donors (Lipinski definition) is 2. The number of carbonyl (C=O) groups excluding carboxylic acids is 2. The predicted octanol–water partition coefficient (Wildman–Crippen LogP) is 1.70. The van der Waals surface area contributed by atoms with Gasteiger partial charge in [-0.3, -0.25) is 9.59 Å². The Morgan fingerprint density at radius 2 is 1.38 bits per heavy atom. The van der Waals surface area contributed by atoms with Crippen LogP contribution in [0.25, 0.3) is 0 Å². The number of methoxy groups -OCH3 is 1. The van der Waals surface area contributed by atoms with Crippen molar-refractivity contribution in [2.45, 2.75) is 5.92 Å². The summed E-state index contributed by atoms with van der Waals surface area (Å²) in [7, 11) is 1.54. The molecule has 5 nitrogen and oxygen atoms in total. The maximum absolute atomic E-state index is 11.9. The van der Waals surface area contributed by atoms with Crippen LogP contribution in [-0.2, 0) is 14.3 Å². The van der Waals surface area contributed by atoms with Crippen LogP contribution in [0.15, 0.2) is 60.7 Å². The molecule has 0 aliphatic carbocycles. The number of benzene rings is 2. The van der Waals surface area contributed by atoms with Gasteiger partial charge in [0, 0.05) is 26.1 Å². The average molecular weight is 326 g/mol. The zero-order valence-corrected chi connectivity index (χ0v) is 13.7. The summed E-state index contributed by atoms with van der Waals surface area (Å²) >= 11 is 0. The number of ether oxygens (including phenoxy) is 1. The van der Waals surface area contributed by atoms with E-state index in [0.717, 1.165) is 11.1 Å². The Bertz CT molecular complexity index is 605. The van der Waals surface area contributed by atoms with E-state index < -0.39 is 11.8 Å². The molecule has 0 unspecified atom stereocenters. The molecule has 2 N–H and O–H groups in total. The molecule has 0 fully saturated rings. The van der Waals surface area contributed by atoms with Crippen LogP contribution in [0.2, 0.25) is 0 Å². The SMILES string of the molecule is COCCNC(=O)C(=O)NCC(c1ccccc1)c1ccccc1. The van der Waals surface area contributed by atoms with E-state index in [1.54, 1.807) is 0 Å². The van der Waals surface area contributed by atoms with Crippen LogP contribution in [0.1, 0.15) is 17.0 Å². The number of carbonyl (C=O) groups is 2. The maximum Gasteiger partial charge on any atom is 0.309 e. The third kappa shape index (κ3) is 5.21. The molecule has 0 bridgehead atoms. The van der Waals surface area contributed by atoms with Gasteiger partial charge in [-0.1, -0.05) is 60.7 Å². The fourth-order valence-electron chi connectivity index (χ4n) is 2.42. The van der Waals surface area contributed by atoms with Gasteiger partial charge in [-0.25, -0.2) is 0 Å². The van der Waals surface area contributed by atoms with Gasteiger partial charge in [0.15, 0.2) is 0 Å². The lowest BCUT2D eigenvalue weighted by molar-refractivity contribution is -0.139. The van der Waals surface area contributed by atoms with E-state index in [-0.39, 0.29) is 5.92 Å². The molecule has 0 saturated carbocycles. The van der Waals surface area contributed by atoms with Gasteiger partial charge in [-0.2, -0.15) is 0 Å². The second kappa shape index (κ2) is 9.47. The molecule has 2 rings (SSSR count). The van der Waals surface area contributed by atoms with Crippen LogP contribution in [-0.4, -0.2) is 38.6 Å². The summed E-state index contributed by atoms with van der Waals surface area (Å²) in [5.74, 6) is -1.29. The summed E-state index contributed by atoms with van der Waals surface area (Å²) in [6, 6.07) is 19.8. The standard InChI is InChI=1S/C19H22N2O3/c1-24-13-12-20-18(22)19(23)21-14-17(15-8-4-2-5-9-15)16-10-6-3-7-11-16/h2-11,17H,12-14H2,1H3,(H,20,22)(H,21,23). The number of hydrogen-bond acceptors (Lipinski definition) is 3. The first kappa shape index (κ1) is 17.7. The highest BCUT2D eigenvalue weighted by molar-refractivity contribution is 6.35. The van der Waals surface area contributed by atoms with E-state index in [9.17, 15) is 9.59 Å². The molecule has 0 spiro atoms. The number of rotatable bonds is 7. The second-order valence-corrected chi connectivity index (χ2v) is 5.33. The Labute approximate surface area is 142 Å². The van der Waals surface area contributed by atoms with Crippen molar-refractivity contribution >= 4 is 11.8 Å². The van der Waals surface area contributed by atoms with Gasteiger partial charge >= 0.3 is 11.8 Å². The lowest BCUT2D eigenvalue weighted by atomic mass is 9.91. The highest BCUT2D eigenvalue weighted by Gasteiger charge is 2.18. The van der Waals surface area contributed by atoms with E-state index in [0.29, 0.717) is 19.7 Å². The zero-order valence-electron chi connectivity index (χ0n) is 13.7. The van der Waals surface area contributed by atoms with Crippen molar-refractivity contribution < 1.29 is 14.3 Å². The molecule has 0 heterocycles. The molecule has 0 radical (unpaired) electrons. The lowest BCUT2D eigenvalue weighted by Gasteiger charge is -2.18. The molecule has 0 saturated heterocycles. The highest BCUT2D eigenvalue weighted by atomic mass is 16.5. The van der Waals surface area contributed by atoms with Crippen LogP contribution in [0.4, 0.5) is 0 Å². The second-order valence-electron chi connectivity index (χ2n) is 5.33. The largest absolute Gasteiger partial charge is 0.383 e. The third-order valence-electron chi connectivity index (χ3n) is 3.67. The first-order valence-corrected chi connectivity index (χ1v) is 7.87. The van der Waals surface area contributed by atoms with Crippen molar-refractivity contribution in [2.24, 2.45) is 0 Å². The fourth-order valence-corrected chi connectivity index (χ4v) is 2.42. The summed E-state index contributed by atoms with van der Waals surface area (Å²) < 4.78 is 4.84. The molecule has 126 valence electrons. The van der Waals surface area contributed by atoms with E-state index in [1.165, 1.54) is 7.11 Å². The molecule has 24 heavy (non-hydrogen) atoms. The smallest absolute Gasteiger partial charge is 0.309 e. The number of nitrogens with one attached hydrogen (secondary N) is 2. The van der Waals surface area contributed by atoms with E-state index >= 15 is 0 Å². The van der Waals surface area contributed by atoms with Crippen molar-refractivity contribution in [1.29, 1.82) is 0 Å². The summed E-state index contributed by atoms with van der Waals surface area (Å²) in [5.41, 5.74) is 2.17. The summed E-state index contributed by atoms with van der Waals surface area (Å²) in [4.78, 5) is 23.7. The minimum absolute atomic E-state index is 0.0110. The van der Waals surface area contributed by atoms with Gasteiger partial charge in [-0.15, -0.1) is 0 Å². The van der Waals surface area contributed by atoms with Gasteiger partial charge in [0.2, 0.25) is 0 Å². The van der Waals surface area contributed by atoms with Crippen molar-refractivity contribution in [3.05, 3.63) is 71.8 Å². The highest BCUT2D eigenvalue weighted by Crippen LogP contribution is 2.23. The van der Waals surface area contributed by atoms with Gasteiger partial charge < -0.3 is 15.4 Å². The third-order valence-corrected chi connectivity index (χ3v) is 3.67. The van der Waals surface area contributed by atoms with Gasteiger partial charge in [0.1, 0.15) is 0 Å². The predicted molar refractivity (Wildman–Crippen MR) is 92.6 cm³/mol. The quantitative estimate of drug-likeness (QED) is 0.601. The van der Waals surface area contributed by atoms with E-state index in [4.69, 9.17) is 4.74 Å². The lowest BCUT2D eigenvalue weighted by Crippen LogP contribution is -2.42. The molecular weight excluding hydrogens is 304 g/mol. The maximum atomic E-state index is 11.9. The van der Waals surface area contributed by atoms with Gasteiger partial charge in [0.05, 0.1) is 6.61 Å². The normalized spacial score (nSPS) is 10.4. The number of amides is 2. The summed E-state index contributed by atoms with van der Waals surface area (Å²) in [6.07, 6.45) is 0. The minimum Gasteiger partial charge on any atom is -0.383 e. The molecule has 0 aliphatic rings. The summed E-state index contributed by atoms with van der Waals surface area (Å²) in [6.45, 7) is 1.03. The zero-order chi connectivity index (χ0) is 17.2. The molecule has 0 aromatic heterocycles. The Kier molecular flexibility index (Phi) is 6.98. The molecule has 2 amide bonds. The molecule has 2 aromatic rings. The van der Waals surface area contributed by atoms with Crippen molar-refractivity contribution in [3.8, 4) is 0 Å². The Morgan fingerprint density at radius 1 is 0.875 bits per heavy atom.